The van der Waals surface area contributed by atoms with Crippen molar-refractivity contribution in [1.82, 2.24) is 0 Å². The first-order chi connectivity index (χ1) is 40.1. The molecule has 19 heteroatoms. The van der Waals surface area contributed by atoms with Gasteiger partial charge in [-0.25, -0.2) is 9.13 Å². The lowest BCUT2D eigenvalue weighted by Crippen LogP contribution is -2.30. The summed E-state index contributed by atoms with van der Waals surface area (Å²) < 4.78 is 68.0. The van der Waals surface area contributed by atoms with Gasteiger partial charge in [-0.1, -0.05) is 261 Å². The van der Waals surface area contributed by atoms with E-state index in [4.69, 9.17) is 37.0 Å². The number of aliphatic hydroxyl groups excluding tert-OH is 1. The Kier molecular flexibility index (Phi) is 53.9. The molecular weight excluding hydrogens is 1110 g/mol. The number of esters is 4. The van der Waals surface area contributed by atoms with Crippen LogP contribution in [-0.4, -0.2) is 96.7 Å². The molecule has 0 aliphatic heterocycles. The number of ether oxygens (including phenoxy) is 4. The van der Waals surface area contributed by atoms with Gasteiger partial charge in [-0.3, -0.25) is 37.3 Å². The molecule has 0 bridgehead atoms. The van der Waals surface area contributed by atoms with Gasteiger partial charge >= 0.3 is 39.5 Å². The van der Waals surface area contributed by atoms with E-state index in [1.165, 1.54) is 109 Å². The van der Waals surface area contributed by atoms with Crippen molar-refractivity contribution in [2.24, 2.45) is 23.7 Å². The fraction of sp³-hybridized carbons (Fsp3) is 0.938. The number of carbonyl (C=O) groups excluding carboxylic acids is 4. The zero-order chi connectivity index (χ0) is 62.5. The first kappa shape index (κ1) is 82.1. The summed E-state index contributed by atoms with van der Waals surface area (Å²) in [7, 11) is -9.89. The van der Waals surface area contributed by atoms with Crippen LogP contribution in [0, 0.1) is 23.7 Å². The van der Waals surface area contributed by atoms with Crippen LogP contribution in [0.4, 0.5) is 0 Å². The average molecular weight is 1240 g/mol. The van der Waals surface area contributed by atoms with Crippen molar-refractivity contribution in [3.8, 4) is 0 Å². The third-order valence-electron chi connectivity index (χ3n) is 15.2. The van der Waals surface area contributed by atoms with Gasteiger partial charge in [0.05, 0.1) is 26.4 Å². The molecule has 3 N–H and O–H groups in total. The van der Waals surface area contributed by atoms with E-state index in [0.717, 1.165) is 114 Å². The Balaban J connectivity index is 5.26. The van der Waals surface area contributed by atoms with Gasteiger partial charge in [-0.2, -0.15) is 0 Å². The van der Waals surface area contributed by atoms with Crippen molar-refractivity contribution in [2.45, 2.75) is 331 Å². The highest BCUT2D eigenvalue weighted by molar-refractivity contribution is 7.47. The van der Waals surface area contributed by atoms with E-state index in [2.05, 4.69) is 55.4 Å². The lowest BCUT2D eigenvalue weighted by Gasteiger charge is -2.21. The SMILES string of the molecule is CCC(C)CCCCCCCCC(=O)OC[C@H](COP(=O)(O)OCC(O)COP(=O)(O)OC[C@@H](COC(=O)CCCCCCCCCCC(C)C)OC(=O)CCCCCCCCCC(C)C)OC(=O)CCCCCCCCCCCCC(C)C. The maximum absolute atomic E-state index is 13.0. The Bertz CT molecular complexity index is 1680. The number of hydrogen-bond donors (Lipinski definition) is 3. The zero-order valence-corrected chi connectivity index (χ0v) is 56.3. The molecule has 0 radical (unpaired) electrons. The largest absolute Gasteiger partial charge is 0.472 e. The van der Waals surface area contributed by atoms with Crippen molar-refractivity contribution in [1.29, 1.82) is 0 Å². The molecule has 0 rings (SSSR count). The smallest absolute Gasteiger partial charge is 0.462 e. The molecule has 6 atom stereocenters. The minimum Gasteiger partial charge on any atom is -0.462 e. The van der Waals surface area contributed by atoms with E-state index in [0.29, 0.717) is 31.6 Å². The number of unbranched alkanes of at least 4 members (excludes halogenated alkanes) is 27. The molecule has 4 unspecified atom stereocenters. The van der Waals surface area contributed by atoms with Crippen molar-refractivity contribution in [3.63, 3.8) is 0 Å². The molecule has 0 heterocycles. The first-order valence-electron chi connectivity index (χ1n) is 33.7. The van der Waals surface area contributed by atoms with Gasteiger partial charge in [0, 0.05) is 25.7 Å². The summed E-state index contributed by atoms with van der Waals surface area (Å²) in [6.45, 7) is 14.0. The van der Waals surface area contributed by atoms with E-state index in [-0.39, 0.29) is 25.7 Å². The average Bonchev–Trinajstić information content (AvgIpc) is 3.57. The summed E-state index contributed by atoms with van der Waals surface area (Å²) in [5, 5.41) is 10.5. The van der Waals surface area contributed by atoms with Gasteiger partial charge in [-0.05, 0) is 49.4 Å². The Morgan fingerprint density at radius 3 is 0.845 bits per heavy atom. The van der Waals surface area contributed by atoms with Crippen LogP contribution in [0.2, 0.25) is 0 Å². The predicted octanol–water partition coefficient (Wildman–Crippen LogP) is 17.8. The maximum atomic E-state index is 13.0. The van der Waals surface area contributed by atoms with Gasteiger partial charge in [0.2, 0.25) is 0 Å². The molecule has 498 valence electrons. The first-order valence-corrected chi connectivity index (χ1v) is 36.7. The maximum Gasteiger partial charge on any atom is 0.472 e. The van der Waals surface area contributed by atoms with Gasteiger partial charge in [0.15, 0.2) is 12.2 Å². The summed E-state index contributed by atoms with van der Waals surface area (Å²) in [6.07, 6.45) is 35.0. The molecule has 0 saturated heterocycles. The third kappa shape index (κ3) is 57.8. The quantitative estimate of drug-likeness (QED) is 0.0222. The number of hydrogen-bond acceptors (Lipinski definition) is 15. The minimum atomic E-state index is -4.95. The highest BCUT2D eigenvalue weighted by atomic mass is 31.2. The lowest BCUT2D eigenvalue weighted by atomic mass is 10.00. The Labute approximate surface area is 511 Å². The molecule has 0 aliphatic carbocycles. The summed E-state index contributed by atoms with van der Waals surface area (Å²) in [4.78, 5) is 72.3. The minimum absolute atomic E-state index is 0.102. The second-order valence-electron chi connectivity index (χ2n) is 25.2. The second kappa shape index (κ2) is 55.2. The van der Waals surface area contributed by atoms with Crippen LogP contribution in [-0.2, 0) is 65.4 Å². The normalized spacial score (nSPS) is 14.7. The molecule has 84 heavy (non-hydrogen) atoms. The van der Waals surface area contributed by atoms with E-state index in [1.54, 1.807) is 0 Å². The van der Waals surface area contributed by atoms with Crippen molar-refractivity contribution < 1.29 is 80.2 Å². The van der Waals surface area contributed by atoms with Crippen LogP contribution in [0.15, 0.2) is 0 Å². The van der Waals surface area contributed by atoms with Gasteiger partial charge < -0.3 is 33.8 Å². The molecule has 0 aromatic heterocycles. The molecule has 0 aliphatic rings. The number of phosphoric ester groups is 2. The molecule has 0 aromatic carbocycles. The Morgan fingerprint density at radius 1 is 0.333 bits per heavy atom. The molecule has 0 aromatic rings. The monoisotopic (exact) mass is 1240 g/mol. The Hall–Kier alpha value is -1.94. The molecule has 0 fully saturated rings. The second-order valence-corrected chi connectivity index (χ2v) is 28.1. The van der Waals surface area contributed by atoms with Crippen LogP contribution in [0.3, 0.4) is 0 Å². The summed E-state index contributed by atoms with van der Waals surface area (Å²) >= 11 is 0. The van der Waals surface area contributed by atoms with Crippen LogP contribution in [0.1, 0.15) is 312 Å². The highest BCUT2D eigenvalue weighted by Crippen LogP contribution is 2.45. The number of aliphatic hydroxyl groups is 1. The molecule has 0 spiro atoms. The Morgan fingerprint density at radius 2 is 0.571 bits per heavy atom. The number of rotatable bonds is 62. The van der Waals surface area contributed by atoms with Crippen LogP contribution >= 0.6 is 15.6 Å². The van der Waals surface area contributed by atoms with Gasteiger partial charge in [0.25, 0.3) is 0 Å². The lowest BCUT2D eigenvalue weighted by molar-refractivity contribution is -0.161. The summed E-state index contributed by atoms with van der Waals surface area (Å²) in [6, 6.07) is 0. The highest BCUT2D eigenvalue weighted by Gasteiger charge is 2.30. The van der Waals surface area contributed by atoms with E-state index in [9.17, 15) is 43.2 Å². The van der Waals surface area contributed by atoms with Crippen LogP contribution in [0.5, 0.6) is 0 Å². The third-order valence-corrected chi connectivity index (χ3v) is 17.1. The summed E-state index contributed by atoms with van der Waals surface area (Å²) in [5.74, 6) is 0.765. The van der Waals surface area contributed by atoms with E-state index >= 15 is 0 Å². The van der Waals surface area contributed by atoms with Crippen LogP contribution < -0.4 is 0 Å². The molecular formula is C65H126O17P2. The van der Waals surface area contributed by atoms with Gasteiger partial charge in [0.1, 0.15) is 19.3 Å². The fourth-order valence-corrected chi connectivity index (χ4v) is 11.2. The van der Waals surface area contributed by atoms with Crippen molar-refractivity contribution in [3.05, 3.63) is 0 Å². The zero-order valence-electron chi connectivity index (χ0n) is 54.5. The molecule has 0 amide bonds. The number of carbonyl (C=O) groups is 4. The van der Waals surface area contributed by atoms with E-state index in [1.807, 2.05) is 0 Å². The van der Waals surface area contributed by atoms with Crippen LogP contribution in [0.25, 0.3) is 0 Å². The molecule has 17 nitrogen and oxygen atoms in total. The molecule has 0 saturated carbocycles. The van der Waals surface area contributed by atoms with Gasteiger partial charge in [-0.15, -0.1) is 0 Å². The standard InChI is InChI=1S/C65H126O17P2/c1-9-58(8)44-36-28-23-24-30-38-46-63(68)76-52-61(81-64(69)47-39-31-21-13-11-10-12-17-25-33-41-55(2)3)54-80-84(73,74)78-50-59(66)49-77-83(71,72)79-53-60(82-65(70)48-40-32-22-16-19-27-35-43-57(6)7)51-75-62(67)45-37-29-20-15-14-18-26-34-42-56(4)5/h55-61,66H,9-54H2,1-8H3,(H,71,72)(H,73,74)/t58?,59?,60-,61-/m1/s1. The van der Waals surface area contributed by atoms with Crippen molar-refractivity contribution >= 4 is 39.5 Å². The summed E-state index contributed by atoms with van der Waals surface area (Å²) in [5.41, 5.74) is 0. The topological polar surface area (TPSA) is 237 Å². The number of phosphoric acid groups is 2. The van der Waals surface area contributed by atoms with Crippen molar-refractivity contribution in [2.75, 3.05) is 39.6 Å². The van der Waals surface area contributed by atoms with E-state index < -0.39 is 97.5 Å². The predicted molar refractivity (Wildman–Crippen MR) is 335 cm³/mol. The fourth-order valence-electron chi connectivity index (χ4n) is 9.57.